The van der Waals surface area contributed by atoms with Gasteiger partial charge in [-0.3, -0.25) is 14.6 Å². The number of hydrogen-bond donors (Lipinski definition) is 2. The van der Waals surface area contributed by atoms with Crippen LogP contribution < -0.4 is 5.56 Å². The average molecular weight is 247 g/mol. The minimum atomic E-state index is -0.613. The number of fused-ring (bicyclic) bond motifs is 1. The van der Waals surface area contributed by atoms with Crippen LogP contribution in [0, 0.1) is 0 Å². The predicted octanol–water partition coefficient (Wildman–Crippen LogP) is 0.721. The first-order valence-electron chi connectivity index (χ1n) is 5.50. The Morgan fingerprint density at radius 2 is 2.28 bits per heavy atom. The summed E-state index contributed by atoms with van der Waals surface area (Å²) in [6, 6.07) is 1.54. The standard InChI is InChI=1S/C12H13N3O3/c1-3-15(2)12(18)9-10(16)7-4-5-13-6-8(7)14-11(9)17/h4-6H,3H2,1-2H3,(H2,14,16,17). The second kappa shape index (κ2) is 4.48. The van der Waals surface area contributed by atoms with Crippen molar-refractivity contribution in [3.63, 3.8) is 0 Å². The van der Waals surface area contributed by atoms with Gasteiger partial charge in [0.25, 0.3) is 11.5 Å². The van der Waals surface area contributed by atoms with Crippen molar-refractivity contribution < 1.29 is 9.90 Å². The molecule has 0 aliphatic carbocycles. The maximum atomic E-state index is 12.0. The third-order valence-corrected chi connectivity index (χ3v) is 2.82. The van der Waals surface area contributed by atoms with Crippen LogP contribution in [0.1, 0.15) is 17.3 Å². The Balaban J connectivity index is 2.72. The molecular formula is C12H13N3O3. The zero-order valence-electron chi connectivity index (χ0n) is 10.1. The van der Waals surface area contributed by atoms with Gasteiger partial charge in [0.1, 0.15) is 11.3 Å². The van der Waals surface area contributed by atoms with Crippen LogP contribution in [0.5, 0.6) is 5.75 Å². The Kier molecular flexibility index (Phi) is 3.01. The lowest BCUT2D eigenvalue weighted by Gasteiger charge is -2.15. The molecular weight excluding hydrogens is 234 g/mol. The van der Waals surface area contributed by atoms with Crippen molar-refractivity contribution in [3.05, 3.63) is 34.4 Å². The minimum absolute atomic E-state index is 0.238. The molecule has 0 aromatic carbocycles. The molecule has 0 fully saturated rings. The van der Waals surface area contributed by atoms with E-state index < -0.39 is 11.5 Å². The van der Waals surface area contributed by atoms with Gasteiger partial charge in [0, 0.05) is 25.2 Å². The number of aromatic amines is 1. The molecule has 2 aromatic heterocycles. The molecule has 0 atom stereocenters. The molecule has 2 rings (SSSR count). The van der Waals surface area contributed by atoms with Crippen molar-refractivity contribution in [2.75, 3.05) is 13.6 Å². The molecule has 6 nitrogen and oxygen atoms in total. The third kappa shape index (κ3) is 1.81. The van der Waals surface area contributed by atoms with E-state index in [1.165, 1.54) is 17.3 Å². The van der Waals surface area contributed by atoms with Crippen molar-refractivity contribution in [2.45, 2.75) is 6.92 Å². The fourth-order valence-electron chi connectivity index (χ4n) is 1.66. The van der Waals surface area contributed by atoms with Gasteiger partial charge in [-0.15, -0.1) is 0 Å². The quantitative estimate of drug-likeness (QED) is 0.818. The van der Waals surface area contributed by atoms with Crippen LogP contribution in [0.15, 0.2) is 23.3 Å². The molecule has 2 N–H and O–H groups in total. The highest BCUT2D eigenvalue weighted by atomic mass is 16.3. The van der Waals surface area contributed by atoms with Crippen molar-refractivity contribution in [2.24, 2.45) is 0 Å². The number of nitrogens with zero attached hydrogens (tertiary/aromatic N) is 2. The van der Waals surface area contributed by atoms with Crippen molar-refractivity contribution in [1.82, 2.24) is 14.9 Å². The third-order valence-electron chi connectivity index (χ3n) is 2.82. The van der Waals surface area contributed by atoms with E-state index in [4.69, 9.17) is 0 Å². The summed E-state index contributed by atoms with van der Waals surface area (Å²) in [6.07, 6.45) is 2.91. The van der Waals surface area contributed by atoms with E-state index in [0.29, 0.717) is 17.4 Å². The van der Waals surface area contributed by atoms with E-state index in [2.05, 4.69) is 9.97 Å². The van der Waals surface area contributed by atoms with E-state index in [1.807, 2.05) is 0 Å². The number of aromatic hydroxyl groups is 1. The Bertz CT molecular complexity index is 663. The van der Waals surface area contributed by atoms with E-state index in [9.17, 15) is 14.7 Å². The van der Waals surface area contributed by atoms with E-state index in [0.717, 1.165) is 0 Å². The summed E-state index contributed by atoms with van der Waals surface area (Å²) in [5.41, 5.74) is -0.452. The summed E-state index contributed by atoms with van der Waals surface area (Å²) in [5, 5.41) is 10.5. The number of rotatable bonds is 2. The molecule has 0 bridgehead atoms. The first kappa shape index (κ1) is 12.1. The minimum Gasteiger partial charge on any atom is -0.506 e. The molecule has 1 amide bonds. The van der Waals surface area contributed by atoms with Crippen LogP contribution in [0.4, 0.5) is 0 Å². The molecule has 0 aliphatic heterocycles. The number of carbonyl (C=O) groups is 1. The molecule has 0 saturated carbocycles. The number of nitrogens with one attached hydrogen (secondary N) is 1. The summed E-state index contributed by atoms with van der Waals surface area (Å²) in [4.78, 5) is 31.6. The van der Waals surface area contributed by atoms with Crippen LogP contribution in [0.3, 0.4) is 0 Å². The van der Waals surface area contributed by atoms with E-state index in [-0.39, 0.29) is 11.3 Å². The molecule has 2 aromatic rings. The fraction of sp³-hybridized carbons (Fsp3) is 0.250. The lowest BCUT2D eigenvalue weighted by atomic mass is 10.1. The van der Waals surface area contributed by atoms with Crippen molar-refractivity contribution in [1.29, 1.82) is 0 Å². The predicted molar refractivity (Wildman–Crippen MR) is 66.7 cm³/mol. The van der Waals surface area contributed by atoms with Crippen molar-refractivity contribution in [3.8, 4) is 5.75 Å². The monoisotopic (exact) mass is 247 g/mol. The van der Waals surface area contributed by atoms with Gasteiger partial charge < -0.3 is 15.0 Å². The molecule has 0 unspecified atom stereocenters. The highest BCUT2D eigenvalue weighted by molar-refractivity contribution is 6.01. The second-order valence-corrected chi connectivity index (χ2v) is 3.92. The number of pyridine rings is 2. The van der Waals surface area contributed by atoms with E-state index >= 15 is 0 Å². The van der Waals surface area contributed by atoms with Gasteiger partial charge in [-0.25, -0.2) is 0 Å². The zero-order valence-corrected chi connectivity index (χ0v) is 10.1. The molecule has 0 spiro atoms. The van der Waals surface area contributed by atoms with Gasteiger partial charge in [0.05, 0.1) is 11.7 Å². The highest BCUT2D eigenvalue weighted by Crippen LogP contribution is 2.24. The van der Waals surface area contributed by atoms with Gasteiger partial charge in [0.15, 0.2) is 0 Å². The first-order chi connectivity index (χ1) is 8.56. The summed E-state index contributed by atoms with van der Waals surface area (Å²) < 4.78 is 0. The molecule has 2 heterocycles. The molecule has 0 radical (unpaired) electrons. The van der Waals surface area contributed by atoms with Gasteiger partial charge in [0.2, 0.25) is 0 Å². The second-order valence-electron chi connectivity index (χ2n) is 3.92. The van der Waals surface area contributed by atoms with Crippen molar-refractivity contribution >= 4 is 16.8 Å². The lowest BCUT2D eigenvalue weighted by molar-refractivity contribution is 0.0798. The first-order valence-corrected chi connectivity index (χ1v) is 5.50. The molecule has 0 saturated heterocycles. The van der Waals surface area contributed by atoms with Crippen LogP contribution in [-0.2, 0) is 0 Å². The van der Waals surface area contributed by atoms with Crippen LogP contribution in [-0.4, -0.2) is 39.5 Å². The Morgan fingerprint density at radius 1 is 1.56 bits per heavy atom. The maximum absolute atomic E-state index is 12.0. The molecule has 94 valence electrons. The van der Waals surface area contributed by atoms with Gasteiger partial charge in [-0.2, -0.15) is 0 Å². The van der Waals surface area contributed by atoms with Crippen LogP contribution >= 0.6 is 0 Å². The zero-order chi connectivity index (χ0) is 13.3. The highest BCUT2D eigenvalue weighted by Gasteiger charge is 2.21. The Hall–Kier alpha value is -2.37. The van der Waals surface area contributed by atoms with Gasteiger partial charge in [-0.1, -0.05) is 0 Å². The average Bonchev–Trinajstić information content (AvgIpc) is 2.37. The normalized spacial score (nSPS) is 10.6. The smallest absolute Gasteiger partial charge is 0.265 e. The molecule has 6 heteroatoms. The number of aromatic nitrogens is 2. The molecule has 0 aliphatic rings. The largest absolute Gasteiger partial charge is 0.506 e. The maximum Gasteiger partial charge on any atom is 0.265 e. The summed E-state index contributed by atoms with van der Waals surface area (Å²) in [5.74, 6) is -0.809. The number of carbonyl (C=O) groups excluding carboxylic acids is 1. The van der Waals surface area contributed by atoms with Crippen LogP contribution in [0.2, 0.25) is 0 Å². The number of amides is 1. The van der Waals surface area contributed by atoms with Crippen LogP contribution in [0.25, 0.3) is 10.9 Å². The SMILES string of the molecule is CCN(C)C(=O)c1c(O)c2ccncc2[nH]c1=O. The number of H-pyrrole nitrogens is 1. The fourth-order valence-corrected chi connectivity index (χ4v) is 1.66. The Labute approximate surface area is 103 Å². The Morgan fingerprint density at radius 3 is 2.94 bits per heavy atom. The van der Waals surface area contributed by atoms with Gasteiger partial charge in [-0.05, 0) is 13.0 Å². The number of hydrogen-bond acceptors (Lipinski definition) is 4. The molecule has 18 heavy (non-hydrogen) atoms. The van der Waals surface area contributed by atoms with E-state index in [1.54, 1.807) is 20.0 Å². The summed E-state index contributed by atoms with van der Waals surface area (Å²) in [7, 11) is 1.57. The summed E-state index contributed by atoms with van der Waals surface area (Å²) >= 11 is 0. The summed E-state index contributed by atoms with van der Waals surface area (Å²) in [6.45, 7) is 2.24. The lowest BCUT2D eigenvalue weighted by Crippen LogP contribution is -2.31. The topological polar surface area (TPSA) is 86.3 Å². The van der Waals surface area contributed by atoms with Gasteiger partial charge >= 0.3 is 0 Å².